The SMILES string of the molecule is NC(=S)c1cccc(-c2nc(C(N)=S)c(C(N)=S)[nH]2)c1. The predicted octanol–water partition coefficient (Wildman–Crippen LogP) is 0.979. The highest BCUT2D eigenvalue weighted by Crippen LogP contribution is 2.20. The highest BCUT2D eigenvalue weighted by molar-refractivity contribution is 7.81. The summed E-state index contributed by atoms with van der Waals surface area (Å²) < 4.78 is 0. The van der Waals surface area contributed by atoms with Crippen molar-refractivity contribution in [3.8, 4) is 11.4 Å². The van der Waals surface area contributed by atoms with E-state index in [9.17, 15) is 0 Å². The van der Waals surface area contributed by atoms with E-state index in [-0.39, 0.29) is 9.98 Å². The van der Waals surface area contributed by atoms with Gasteiger partial charge in [-0.05, 0) is 6.07 Å². The zero-order valence-corrected chi connectivity index (χ0v) is 12.7. The van der Waals surface area contributed by atoms with Crippen LogP contribution in [-0.4, -0.2) is 24.9 Å². The number of thiocarbonyl (C=S) groups is 3. The number of nitrogens with zero attached hydrogens (tertiary/aromatic N) is 1. The highest BCUT2D eigenvalue weighted by Gasteiger charge is 2.16. The van der Waals surface area contributed by atoms with Crippen LogP contribution in [0.25, 0.3) is 11.4 Å². The second kappa shape index (κ2) is 5.61. The first-order valence-electron chi connectivity index (χ1n) is 5.50. The molecular weight excluding hydrogens is 310 g/mol. The molecule has 0 radical (unpaired) electrons. The van der Waals surface area contributed by atoms with E-state index in [0.717, 1.165) is 11.1 Å². The molecule has 1 aromatic carbocycles. The predicted molar refractivity (Wildman–Crippen MR) is 91.7 cm³/mol. The van der Waals surface area contributed by atoms with E-state index < -0.39 is 0 Å². The van der Waals surface area contributed by atoms with Crippen LogP contribution in [0.2, 0.25) is 0 Å². The van der Waals surface area contributed by atoms with Gasteiger partial charge in [-0.1, -0.05) is 54.9 Å². The molecule has 0 fully saturated rings. The molecule has 0 atom stereocenters. The molecule has 20 heavy (non-hydrogen) atoms. The molecule has 5 nitrogen and oxygen atoms in total. The number of H-pyrrole nitrogens is 1. The third kappa shape index (κ3) is 2.82. The number of aromatic amines is 1. The van der Waals surface area contributed by atoms with Gasteiger partial charge in [0.15, 0.2) is 0 Å². The standard InChI is InChI=1S/C12H11N5S3/c13-9(18)5-2-1-3-6(4-5)12-16-7(10(14)19)8(17-12)11(15)20/h1-4H,(H2,13,18)(H2,14,19)(H2,15,20)(H,16,17). The van der Waals surface area contributed by atoms with Gasteiger partial charge in [-0.25, -0.2) is 4.98 Å². The van der Waals surface area contributed by atoms with Gasteiger partial charge in [0.25, 0.3) is 0 Å². The summed E-state index contributed by atoms with van der Waals surface area (Å²) in [5.74, 6) is 0.550. The van der Waals surface area contributed by atoms with Crippen molar-refractivity contribution in [1.29, 1.82) is 0 Å². The van der Waals surface area contributed by atoms with E-state index in [0.29, 0.717) is 22.2 Å². The monoisotopic (exact) mass is 321 g/mol. The Hall–Kier alpha value is -1.90. The zero-order valence-electron chi connectivity index (χ0n) is 10.2. The molecule has 0 bridgehead atoms. The zero-order chi connectivity index (χ0) is 14.9. The van der Waals surface area contributed by atoms with E-state index in [4.69, 9.17) is 53.9 Å². The minimum Gasteiger partial charge on any atom is -0.389 e. The van der Waals surface area contributed by atoms with Gasteiger partial charge in [-0.15, -0.1) is 0 Å². The Labute approximate surface area is 131 Å². The second-order valence-corrected chi connectivity index (χ2v) is 5.30. The molecule has 1 aromatic heterocycles. The molecule has 0 unspecified atom stereocenters. The fraction of sp³-hybridized carbons (Fsp3) is 0. The summed E-state index contributed by atoms with van der Waals surface area (Å²) in [5.41, 5.74) is 19.2. The Morgan fingerprint density at radius 1 is 1.00 bits per heavy atom. The lowest BCUT2D eigenvalue weighted by molar-refractivity contribution is 1.30. The van der Waals surface area contributed by atoms with Gasteiger partial charge in [0.05, 0.1) is 0 Å². The van der Waals surface area contributed by atoms with Crippen LogP contribution in [0.3, 0.4) is 0 Å². The second-order valence-electron chi connectivity index (χ2n) is 3.98. The minimum absolute atomic E-state index is 0.126. The van der Waals surface area contributed by atoms with Crippen LogP contribution in [0, 0.1) is 0 Å². The molecule has 8 heteroatoms. The van der Waals surface area contributed by atoms with Gasteiger partial charge in [-0.3, -0.25) is 0 Å². The summed E-state index contributed by atoms with van der Waals surface area (Å²) in [7, 11) is 0. The molecular formula is C12H11N5S3. The maximum absolute atomic E-state index is 5.63. The molecule has 0 aliphatic carbocycles. The van der Waals surface area contributed by atoms with Gasteiger partial charge < -0.3 is 22.2 Å². The number of hydrogen-bond acceptors (Lipinski definition) is 4. The van der Waals surface area contributed by atoms with Crippen molar-refractivity contribution in [2.45, 2.75) is 0 Å². The fourth-order valence-electron chi connectivity index (χ4n) is 1.69. The summed E-state index contributed by atoms with van der Waals surface area (Å²) in [6.45, 7) is 0. The first-order valence-corrected chi connectivity index (χ1v) is 6.72. The van der Waals surface area contributed by atoms with Crippen molar-refractivity contribution in [2.75, 3.05) is 0 Å². The minimum atomic E-state index is 0.126. The van der Waals surface area contributed by atoms with Crippen molar-refractivity contribution in [2.24, 2.45) is 17.2 Å². The molecule has 0 aliphatic heterocycles. The smallest absolute Gasteiger partial charge is 0.138 e. The van der Waals surface area contributed by atoms with Gasteiger partial charge >= 0.3 is 0 Å². The van der Waals surface area contributed by atoms with E-state index in [1.54, 1.807) is 0 Å². The molecule has 0 aliphatic rings. The molecule has 102 valence electrons. The van der Waals surface area contributed by atoms with E-state index in [2.05, 4.69) is 9.97 Å². The number of nitrogens with one attached hydrogen (secondary N) is 1. The van der Waals surface area contributed by atoms with Gasteiger partial charge in [0.2, 0.25) is 0 Å². The molecule has 0 saturated carbocycles. The van der Waals surface area contributed by atoms with Crippen LogP contribution in [0.15, 0.2) is 24.3 Å². The average molecular weight is 321 g/mol. The normalized spacial score (nSPS) is 10.2. The number of nitrogens with two attached hydrogens (primary N) is 3. The van der Waals surface area contributed by atoms with Crippen LogP contribution in [0.1, 0.15) is 17.0 Å². The van der Waals surface area contributed by atoms with Crippen LogP contribution in [0.5, 0.6) is 0 Å². The summed E-state index contributed by atoms with van der Waals surface area (Å²) in [6.07, 6.45) is 0. The Balaban J connectivity index is 2.56. The van der Waals surface area contributed by atoms with E-state index >= 15 is 0 Å². The van der Waals surface area contributed by atoms with Crippen molar-refractivity contribution < 1.29 is 0 Å². The van der Waals surface area contributed by atoms with Crippen LogP contribution >= 0.6 is 36.7 Å². The Morgan fingerprint density at radius 2 is 1.70 bits per heavy atom. The van der Waals surface area contributed by atoms with Crippen molar-refractivity contribution in [3.05, 3.63) is 41.2 Å². The average Bonchev–Trinajstić information content (AvgIpc) is 2.84. The lowest BCUT2D eigenvalue weighted by Crippen LogP contribution is -2.18. The van der Waals surface area contributed by atoms with Crippen molar-refractivity contribution in [3.63, 3.8) is 0 Å². The molecule has 1 heterocycles. The molecule has 2 rings (SSSR count). The van der Waals surface area contributed by atoms with Crippen LogP contribution in [0.4, 0.5) is 0 Å². The molecule has 2 aromatic rings. The van der Waals surface area contributed by atoms with E-state index in [1.165, 1.54) is 0 Å². The third-order valence-electron chi connectivity index (χ3n) is 2.60. The third-order valence-corrected chi connectivity index (χ3v) is 3.24. The van der Waals surface area contributed by atoms with Crippen molar-refractivity contribution >= 4 is 51.6 Å². The maximum Gasteiger partial charge on any atom is 0.138 e. The summed E-state index contributed by atoms with van der Waals surface area (Å²) in [5, 5.41) is 0. The number of hydrogen-bond donors (Lipinski definition) is 4. The number of rotatable bonds is 4. The van der Waals surface area contributed by atoms with Crippen LogP contribution in [-0.2, 0) is 0 Å². The number of imidazole rings is 1. The lowest BCUT2D eigenvalue weighted by atomic mass is 10.1. The van der Waals surface area contributed by atoms with Gasteiger partial charge in [0, 0.05) is 11.1 Å². The Bertz CT molecular complexity index is 688. The topological polar surface area (TPSA) is 107 Å². The summed E-state index contributed by atoms with van der Waals surface area (Å²) in [6, 6.07) is 7.31. The lowest BCUT2D eigenvalue weighted by Gasteiger charge is -2.01. The maximum atomic E-state index is 5.63. The van der Waals surface area contributed by atoms with Gasteiger partial charge in [-0.2, -0.15) is 0 Å². The molecule has 0 saturated heterocycles. The first kappa shape index (κ1) is 14.5. The Morgan fingerprint density at radius 3 is 2.20 bits per heavy atom. The van der Waals surface area contributed by atoms with Gasteiger partial charge in [0.1, 0.15) is 32.2 Å². The fourth-order valence-corrected chi connectivity index (χ4v) is 2.11. The van der Waals surface area contributed by atoms with Crippen LogP contribution < -0.4 is 17.2 Å². The Kier molecular flexibility index (Phi) is 4.07. The highest BCUT2D eigenvalue weighted by atomic mass is 32.1. The molecule has 0 spiro atoms. The summed E-state index contributed by atoms with van der Waals surface area (Å²) in [4.78, 5) is 7.93. The first-order chi connectivity index (χ1) is 9.40. The molecule has 7 N–H and O–H groups in total. The largest absolute Gasteiger partial charge is 0.389 e. The molecule has 0 amide bonds. The van der Waals surface area contributed by atoms with Crippen molar-refractivity contribution in [1.82, 2.24) is 9.97 Å². The quantitative estimate of drug-likeness (QED) is 0.622. The number of aromatic nitrogens is 2. The summed E-state index contributed by atoms with van der Waals surface area (Å²) >= 11 is 14.8. The number of benzene rings is 1. The van der Waals surface area contributed by atoms with E-state index in [1.807, 2.05) is 24.3 Å².